The van der Waals surface area contributed by atoms with Crippen LogP contribution in [0.1, 0.15) is 28.9 Å². The van der Waals surface area contributed by atoms with Crippen LogP contribution < -0.4 is 15.1 Å². The molecule has 3 amide bonds. The van der Waals surface area contributed by atoms with Crippen LogP contribution in [-0.2, 0) is 9.59 Å². The van der Waals surface area contributed by atoms with Crippen LogP contribution in [0.3, 0.4) is 0 Å². The molecule has 3 aromatic carbocycles. The molecule has 0 bridgehead atoms. The van der Waals surface area contributed by atoms with Gasteiger partial charge in [-0.05, 0) is 67.1 Å². The molecule has 2 saturated heterocycles. The Balaban J connectivity index is 1.54. The molecule has 2 fully saturated rings. The van der Waals surface area contributed by atoms with Crippen molar-refractivity contribution >= 4 is 50.9 Å². The van der Waals surface area contributed by atoms with E-state index >= 15 is 0 Å². The lowest BCUT2D eigenvalue weighted by Gasteiger charge is -2.25. The van der Waals surface area contributed by atoms with Crippen LogP contribution in [0.25, 0.3) is 0 Å². The number of carbonyl (C=O) groups is 3. The molecule has 9 heteroatoms. The van der Waals surface area contributed by atoms with Gasteiger partial charge < -0.3 is 4.74 Å². The lowest BCUT2D eigenvalue weighted by molar-refractivity contribution is -0.123. The van der Waals surface area contributed by atoms with E-state index in [1.165, 1.54) is 5.01 Å². The number of nitrogens with one attached hydrogen (secondary N) is 1. The van der Waals surface area contributed by atoms with Crippen molar-refractivity contribution in [2.24, 2.45) is 5.92 Å². The summed E-state index contributed by atoms with van der Waals surface area (Å²) in [4.78, 5) is 42.0. The fraction of sp³-hybridized carbons (Fsp3) is 0.192. The Morgan fingerprint density at radius 3 is 2.40 bits per heavy atom. The van der Waals surface area contributed by atoms with Crippen molar-refractivity contribution in [1.82, 2.24) is 10.4 Å². The Bertz CT molecular complexity index is 1300. The van der Waals surface area contributed by atoms with Crippen molar-refractivity contribution in [2.45, 2.75) is 19.0 Å². The fourth-order valence-electron chi connectivity index (χ4n) is 4.60. The summed E-state index contributed by atoms with van der Waals surface area (Å²) in [5.41, 5.74) is 4.72. The molecule has 35 heavy (non-hydrogen) atoms. The van der Waals surface area contributed by atoms with Gasteiger partial charge in [0.25, 0.3) is 11.8 Å². The molecule has 0 spiro atoms. The second kappa shape index (κ2) is 9.45. The zero-order valence-corrected chi connectivity index (χ0v) is 21.0. The molecule has 2 aliphatic rings. The molecule has 2 aliphatic heterocycles. The SMILES string of the molecule is CCOc1ccc(N2C(=O)[C@H]3[C@@H](C2=O)N(C(=O)c2cccc(Br)c2)N[C@H]3c2ccc(Cl)cc2)cc1. The summed E-state index contributed by atoms with van der Waals surface area (Å²) in [6.45, 7) is 2.38. The second-order valence-electron chi connectivity index (χ2n) is 8.25. The largest absolute Gasteiger partial charge is 0.494 e. The van der Waals surface area contributed by atoms with Crippen molar-refractivity contribution in [2.75, 3.05) is 11.5 Å². The number of nitrogens with zero attached hydrogens (tertiary/aromatic N) is 2. The maximum absolute atomic E-state index is 13.7. The molecule has 178 valence electrons. The van der Waals surface area contributed by atoms with E-state index in [9.17, 15) is 14.4 Å². The number of ether oxygens (including phenoxy) is 1. The third-order valence-electron chi connectivity index (χ3n) is 6.16. The van der Waals surface area contributed by atoms with Crippen molar-refractivity contribution in [1.29, 1.82) is 0 Å². The van der Waals surface area contributed by atoms with Gasteiger partial charge in [0, 0.05) is 15.1 Å². The number of fused-ring (bicyclic) bond motifs is 1. The summed E-state index contributed by atoms with van der Waals surface area (Å²) in [6, 6.07) is 19.1. The topological polar surface area (TPSA) is 79.0 Å². The maximum Gasteiger partial charge on any atom is 0.268 e. The lowest BCUT2D eigenvalue weighted by Crippen LogP contribution is -2.48. The number of halogens is 2. The minimum atomic E-state index is -0.999. The summed E-state index contributed by atoms with van der Waals surface area (Å²) < 4.78 is 6.21. The summed E-state index contributed by atoms with van der Waals surface area (Å²) in [5, 5.41) is 1.84. The van der Waals surface area contributed by atoms with Crippen molar-refractivity contribution in [3.8, 4) is 5.75 Å². The molecule has 0 unspecified atom stereocenters. The average molecular weight is 555 g/mol. The summed E-state index contributed by atoms with van der Waals surface area (Å²) in [6.07, 6.45) is 0. The van der Waals surface area contributed by atoms with Crippen LogP contribution in [-0.4, -0.2) is 35.4 Å². The van der Waals surface area contributed by atoms with E-state index in [1.54, 1.807) is 66.7 Å². The second-order valence-corrected chi connectivity index (χ2v) is 9.61. The van der Waals surface area contributed by atoms with E-state index in [0.29, 0.717) is 28.6 Å². The van der Waals surface area contributed by atoms with Crippen molar-refractivity contribution in [3.63, 3.8) is 0 Å². The number of benzene rings is 3. The van der Waals surface area contributed by atoms with Gasteiger partial charge in [-0.15, -0.1) is 0 Å². The van der Waals surface area contributed by atoms with Gasteiger partial charge in [-0.2, -0.15) is 0 Å². The monoisotopic (exact) mass is 553 g/mol. The molecule has 2 heterocycles. The standard InChI is InChI=1S/C26H21BrClN3O4/c1-2-35-20-12-10-19(11-13-20)30-25(33)21-22(15-6-8-18(28)9-7-15)29-31(23(21)26(30)34)24(32)16-4-3-5-17(27)14-16/h3-14,21-23,29H,2H2,1H3/t21-,22+,23+/m1/s1. The molecule has 1 N–H and O–H groups in total. The Morgan fingerprint density at radius 2 is 1.74 bits per heavy atom. The van der Waals surface area contributed by atoms with E-state index in [4.69, 9.17) is 16.3 Å². The van der Waals surface area contributed by atoms with Crippen LogP contribution in [0.2, 0.25) is 5.02 Å². The first-order chi connectivity index (χ1) is 16.9. The number of hydrazine groups is 1. The van der Waals surface area contributed by atoms with E-state index in [2.05, 4.69) is 21.4 Å². The molecule has 7 nitrogen and oxygen atoms in total. The Kier molecular flexibility index (Phi) is 6.35. The zero-order valence-electron chi connectivity index (χ0n) is 18.7. The number of hydrogen-bond acceptors (Lipinski definition) is 5. The van der Waals surface area contributed by atoms with E-state index in [0.717, 1.165) is 14.9 Å². The van der Waals surface area contributed by atoms with Gasteiger partial charge in [0.05, 0.1) is 24.3 Å². The normalized spacial score (nSPS) is 21.4. The number of rotatable bonds is 5. The van der Waals surface area contributed by atoms with Gasteiger partial charge in [-0.1, -0.05) is 45.7 Å². The summed E-state index contributed by atoms with van der Waals surface area (Å²) in [7, 11) is 0. The van der Waals surface area contributed by atoms with Crippen LogP contribution in [0.15, 0.2) is 77.3 Å². The highest BCUT2D eigenvalue weighted by Gasteiger charge is 2.60. The van der Waals surface area contributed by atoms with E-state index < -0.39 is 29.8 Å². The number of anilines is 1. The van der Waals surface area contributed by atoms with Crippen molar-refractivity contribution in [3.05, 3.63) is 93.4 Å². The van der Waals surface area contributed by atoms with Crippen LogP contribution >= 0.6 is 27.5 Å². The molecule has 0 aliphatic carbocycles. The average Bonchev–Trinajstić information content (AvgIpc) is 3.37. The quantitative estimate of drug-likeness (QED) is 0.460. The molecule has 0 radical (unpaired) electrons. The van der Waals surface area contributed by atoms with Crippen LogP contribution in [0.5, 0.6) is 5.75 Å². The number of carbonyl (C=O) groups excluding carboxylic acids is 3. The van der Waals surface area contributed by atoms with Gasteiger partial charge in [0.2, 0.25) is 5.91 Å². The number of hydrogen-bond donors (Lipinski definition) is 1. The van der Waals surface area contributed by atoms with E-state index in [1.807, 2.05) is 13.0 Å². The van der Waals surface area contributed by atoms with Gasteiger partial charge >= 0.3 is 0 Å². The van der Waals surface area contributed by atoms with Gasteiger partial charge in [-0.25, -0.2) is 10.3 Å². The smallest absolute Gasteiger partial charge is 0.268 e. The third kappa shape index (κ3) is 4.22. The maximum atomic E-state index is 13.7. The summed E-state index contributed by atoms with van der Waals surface area (Å²) in [5.74, 6) is -1.39. The number of imide groups is 1. The summed E-state index contributed by atoms with van der Waals surface area (Å²) >= 11 is 9.45. The molecule has 3 atom stereocenters. The van der Waals surface area contributed by atoms with Crippen LogP contribution in [0, 0.1) is 5.92 Å². The number of amides is 3. The highest BCUT2D eigenvalue weighted by molar-refractivity contribution is 9.10. The molecule has 3 aromatic rings. The Hall–Kier alpha value is -3.20. The zero-order chi connectivity index (χ0) is 24.7. The first-order valence-corrected chi connectivity index (χ1v) is 12.3. The third-order valence-corrected chi connectivity index (χ3v) is 6.91. The van der Waals surface area contributed by atoms with Gasteiger partial charge in [0.1, 0.15) is 11.8 Å². The highest BCUT2D eigenvalue weighted by Crippen LogP contribution is 2.42. The van der Waals surface area contributed by atoms with Crippen molar-refractivity contribution < 1.29 is 19.1 Å². The molecule has 0 aromatic heterocycles. The Labute approximate surface area is 215 Å². The highest BCUT2D eigenvalue weighted by atomic mass is 79.9. The predicted molar refractivity (Wildman–Crippen MR) is 135 cm³/mol. The lowest BCUT2D eigenvalue weighted by atomic mass is 9.91. The first kappa shape index (κ1) is 23.5. The first-order valence-electron chi connectivity index (χ1n) is 11.1. The minimum Gasteiger partial charge on any atom is -0.494 e. The molecular weight excluding hydrogens is 534 g/mol. The van der Waals surface area contributed by atoms with E-state index in [-0.39, 0.29) is 5.91 Å². The molecular formula is C26H21BrClN3O4. The van der Waals surface area contributed by atoms with Gasteiger partial charge in [-0.3, -0.25) is 19.4 Å². The van der Waals surface area contributed by atoms with Crippen LogP contribution in [0.4, 0.5) is 5.69 Å². The Morgan fingerprint density at radius 1 is 1.03 bits per heavy atom. The minimum absolute atomic E-state index is 0.374. The molecule has 0 saturated carbocycles. The fourth-order valence-corrected chi connectivity index (χ4v) is 5.12. The predicted octanol–water partition coefficient (Wildman–Crippen LogP) is 4.76. The van der Waals surface area contributed by atoms with Gasteiger partial charge in [0.15, 0.2) is 0 Å². The molecule has 5 rings (SSSR count).